The number of nitrogens with zero attached hydrogens (tertiary/aromatic N) is 5. The lowest BCUT2D eigenvalue weighted by molar-refractivity contribution is 0.219. The van der Waals surface area contributed by atoms with Crippen molar-refractivity contribution in [3.63, 3.8) is 0 Å². The number of fused-ring (bicyclic) bond motifs is 2. The summed E-state index contributed by atoms with van der Waals surface area (Å²) in [6.45, 7) is 4.48. The van der Waals surface area contributed by atoms with E-state index in [4.69, 9.17) is 0 Å². The Morgan fingerprint density at radius 1 is 1.31 bits per heavy atom. The second-order valence-corrected chi connectivity index (χ2v) is 8.84. The first-order valence-corrected chi connectivity index (χ1v) is 10.7. The largest absolute Gasteiger partial charge is 0.395 e. The van der Waals surface area contributed by atoms with E-state index in [1.54, 1.807) is 6.20 Å². The van der Waals surface area contributed by atoms with Crippen LogP contribution in [-0.4, -0.2) is 51.7 Å². The SMILES string of the molecule is CN1CCc2ncc(Nc3nccc(-c4cc(C#N)c5c(c4)C(C)(CO)CN5)n3)cc2C1. The van der Waals surface area contributed by atoms with Gasteiger partial charge in [-0.15, -0.1) is 0 Å². The topological polar surface area (TPSA) is 110 Å². The number of rotatable bonds is 4. The van der Waals surface area contributed by atoms with E-state index < -0.39 is 5.41 Å². The lowest BCUT2D eigenvalue weighted by Gasteiger charge is -2.24. The fourth-order valence-corrected chi connectivity index (χ4v) is 4.41. The zero-order valence-electron chi connectivity index (χ0n) is 18.2. The molecule has 3 N–H and O–H groups in total. The average Bonchev–Trinajstić information content (AvgIpc) is 3.15. The van der Waals surface area contributed by atoms with Gasteiger partial charge in [-0.1, -0.05) is 6.92 Å². The van der Waals surface area contributed by atoms with Gasteiger partial charge in [0.1, 0.15) is 6.07 Å². The molecule has 8 nitrogen and oxygen atoms in total. The molecule has 0 bridgehead atoms. The summed E-state index contributed by atoms with van der Waals surface area (Å²) in [6, 6.07) is 10.0. The zero-order valence-corrected chi connectivity index (χ0v) is 18.2. The predicted octanol–water partition coefficient (Wildman–Crippen LogP) is 2.82. The number of benzene rings is 1. The Morgan fingerprint density at radius 2 is 2.19 bits per heavy atom. The van der Waals surface area contributed by atoms with Gasteiger partial charge in [-0.05, 0) is 42.4 Å². The molecule has 2 aliphatic rings. The highest BCUT2D eigenvalue weighted by atomic mass is 16.3. The summed E-state index contributed by atoms with van der Waals surface area (Å²) in [4.78, 5) is 15.9. The van der Waals surface area contributed by atoms with Crippen LogP contribution in [0.25, 0.3) is 11.3 Å². The van der Waals surface area contributed by atoms with Crippen LogP contribution < -0.4 is 10.6 Å². The molecule has 4 heterocycles. The Labute approximate surface area is 187 Å². The molecule has 0 radical (unpaired) electrons. The van der Waals surface area contributed by atoms with E-state index in [2.05, 4.69) is 49.7 Å². The van der Waals surface area contributed by atoms with Gasteiger partial charge in [-0.3, -0.25) is 4.98 Å². The van der Waals surface area contributed by atoms with Crippen molar-refractivity contribution in [2.45, 2.75) is 25.3 Å². The molecule has 1 aromatic carbocycles. The molecule has 0 saturated heterocycles. The molecule has 0 amide bonds. The van der Waals surface area contributed by atoms with Crippen LogP contribution in [0.15, 0.2) is 36.7 Å². The number of aromatic nitrogens is 3. The molecule has 1 atom stereocenters. The Bertz CT molecular complexity index is 1240. The van der Waals surface area contributed by atoms with E-state index in [1.807, 2.05) is 31.3 Å². The van der Waals surface area contributed by atoms with Crippen LogP contribution in [0, 0.1) is 11.3 Å². The first kappa shape index (κ1) is 20.4. The molecule has 0 spiro atoms. The number of nitriles is 1. The van der Waals surface area contributed by atoms with Gasteiger partial charge in [-0.25, -0.2) is 9.97 Å². The summed E-state index contributed by atoms with van der Waals surface area (Å²) in [7, 11) is 2.11. The monoisotopic (exact) mass is 427 g/mol. The molecule has 8 heteroatoms. The van der Waals surface area contributed by atoms with Gasteiger partial charge in [0.25, 0.3) is 0 Å². The molecule has 3 aromatic rings. The van der Waals surface area contributed by atoms with E-state index in [-0.39, 0.29) is 6.61 Å². The Kier molecular flexibility index (Phi) is 5.00. The minimum absolute atomic E-state index is 0.00157. The highest BCUT2D eigenvalue weighted by Crippen LogP contribution is 2.41. The summed E-state index contributed by atoms with van der Waals surface area (Å²) in [5.41, 5.74) is 6.58. The van der Waals surface area contributed by atoms with Gasteiger partial charge in [0.05, 0.1) is 35.4 Å². The van der Waals surface area contributed by atoms with Gasteiger partial charge in [0.2, 0.25) is 5.95 Å². The molecule has 1 unspecified atom stereocenters. The normalized spacial score (nSPS) is 19.6. The Hall–Kier alpha value is -3.54. The van der Waals surface area contributed by atoms with Crippen LogP contribution in [0.1, 0.15) is 29.3 Å². The highest BCUT2D eigenvalue weighted by molar-refractivity contribution is 5.76. The lowest BCUT2D eigenvalue weighted by Crippen LogP contribution is -2.28. The third kappa shape index (κ3) is 3.55. The van der Waals surface area contributed by atoms with Crippen molar-refractivity contribution in [3.8, 4) is 17.3 Å². The number of pyridine rings is 1. The van der Waals surface area contributed by atoms with Gasteiger partial charge in [0, 0.05) is 48.9 Å². The van der Waals surface area contributed by atoms with Gasteiger partial charge >= 0.3 is 0 Å². The lowest BCUT2D eigenvalue weighted by atomic mass is 9.83. The quantitative estimate of drug-likeness (QED) is 0.583. The molecule has 2 aromatic heterocycles. The van der Waals surface area contributed by atoms with Crippen molar-refractivity contribution in [1.82, 2.24) is 19.9 Å². The molecule has 32 heavy (non-hydrogen) atoms. The maximum absolute atomic E-state index is 9.94. The first-order valence-electron chi connectivity index (χ1n) is 10.7. The average molecular weight is 428 g/mol. The Balaban J connectivity index is 1.47. The van der Waals surface area contributed by atoms with Gasteiger partial charge in [-0.2, -0.15) is 5.26 Å². The van der Waals surface area contributed by atoms with Crippen molar-refractivity contribution in [1.29, 1.82) is 5.26 Å². The number of nitrogens with one attached hydrogen (secondary N) is 2. The summed E-state index contributed by atoms with van der Waals surface area (Å²) < 4.78 is 0. The minimum atomic E-state index is -0.437. The predicted molar refractivity (Wildman–Crippen MR) is 123 cm³/mol. The third-order valence-electron chi connectivity index (χ3n) is 6.35. The fourth-order valence-electron chi connectivity index (χ4n) is 4.41. The summed E-state index contributed by atoms with van der Waals surface area (Å²) in [5, 5.41) is 26.2. The number of anilines is 3. The number of likely N-dealkylation sites (N-methyl/N-ethyl adjacent to an activating group) is 1. The second kappa shape index (κ2) is 7.86. The first-order chi connectivity index (χ1) is 15.5. The van der Waals surface area contributed by atoms with E-state index in [9.17, 15) is 10.4 Å². The van der Waals surface area contributed by atoms with Crippen LogP contribution in [0.2, 0.25) is 0 Å². The Morgan fingerprint density at radius 3 is 3.00 bits per heavy atom. The number of aliphatic hydroxyl groups is 1. The fraction of sp³-hybridized carbons (Fsp3) is 0.333. The van der Waals surface area contributed by atoms with Crippen molar-refractivity contribution >= 4 is 17.3 Å². The van der Waals surface area contributed by atoms with Crippen LogP contribution in [0.4, 0.5) is 17.3 Å². The van der Waals surface area contributed by atoms with Crippen molar-refractivity contribution in [2.75, 3.05) is 37.4 Å². The number of hydrogen-bond acceptors (Lipinski definition) is 8. The standard InChI is InChI=1S/C24H25N7O/c1-24(14-32)13-28-22-16(10-25)7-15(9-19(22)24)21-3-5-26-23(30-21)29-18-8-17-12-31(2)6-4-20(17)27-11-18/h3,5,7-9,11,28,32H,4,6,12-14H2,1-2H3,(H,26,29,30). The molecule has 162 valence electrons. The zero-order chi connectivity index (χ0) is 22.3. The van der Waals surface area contributed by atoms with Crippen molar-refractivity contribution in [3.05, 3.63) is 59.0 Å². The van der Waals surface area contributed by atoms with Crippen molar-refractivity contribution in [2.24, 2.45) is 0 Å². The van der Waals surface area contributed by atoms with Crippen molar-refractivity contribution < 1.29 is 5.11 Å². The smallest absolute Gasteiger partial charge is 0.227 e. The van der Waals surface area contributed by atoms with E-state index in [1.165, 1.54) is 5.56 Å². The summed E-state index contributed by atoms with van der Waals surface area (Å²) in [6.07, 6.45) is 4.48. The van der Waals surface area contributed by atoms with Crippen LogP contribution in [0.5, 0.6) is 0 Å². The van der Waals surface area contributed by atoms with Gasteiger partial charge in [0.15, 0.2) is 0 Å². The molecular weight excluding hydrogens is 402 g/mol. The number of hydrogen-bond donors (Lipinski definition) is 3. The second-order valence-electron chi connectivity index (χ2n) is 8.84. The maximum Gasteiger partial charge on any atom is 0.227 e. The summed E-state index contributed by atoms with van der Waals surface area (Å²) in [5.74, 6) is 0.468. The van der Waals surface area contributed by atoms with E-state index >= 15 is 0 Å². The summed E-state index contributed by atoms with van der Waals surface area (Å²) >= 11 is 0. The van der Waals surface area contributed by atoms with Crippen LogP contribution >= 0.6 is 0 Å². The maximum atomic E-state index is 9.94. The molecule has 0 fully saturated rings. The number of aliphatic hydroxyl groups excluding tert-OH is 1. The molecule has 5 rings (SSSR count). The minimum Gasteiger partial charge on any atom is -0.395 e. The highest BCUT2D eigenvalue weighted by Gasteiger charge is 2.36. The van der Waals surface area contributed by atoms with E-state index in [0.717, 1.165) is 47.7 Å². The molecule has 0 aliphatic carbocycles. The molecular formula is C24H25N7O. The van der Waals surface area contributed by atoms with E-state index in [0.29, 0.717) is 23.8 Å². The molecule has 2 aliphatic heterocycles. The van der Waals surface area contributed by atoms with Crippen LogP contribution in [-0.2, 0) is 18.4 Å². The third-order valence-corrected chi connectivity index (χ3v) is 6.35. The van der Waals surface area contributed by atoms with Crippen LogP contribution in [0.3, 0.4) is 0 Å². The molecule has 0 saturated carbocycles. The van der Waals surface area contributed by atoms with Gasteiger partial charge < -0.3 is 20.6 Å².